The summed E-state index contributed by atoms with van der Waals surface area (Å²) in [7, 11) is 0. The molecule has 6 heteroatoms. The molecule has 0 fully saturated rings. The van der Waals surface area contributed by atoms with Gasteiger partial charge in [0.15, 0.2) is 0 Å². The molecule has 1 heterocycles. The highest BCUT2D eigenvalue weighted by Gasteiger charge is 2.10. The highest BCUT2D eigenvalue weighted by Crippen LogP contribution is 2.20. The lowest BCUT2D eigenvalue weighted by molar-refractivity contribution is -0.112. The summed E-state index contributed by atoms with van der Waals surface area (Å²) in [5.41, 5.74) is 2.96. The van der Waals surface area contributed by atoms with Gasteiger partial charge in [-0.25, -0.2) is 0 Å². The van der Waals surface area contributed by atoms with E-state index in [1.807, 2.05) is 32.0 Å². The number of aromatic nitrogens is 1. The Labute approximate surface area is 139 Å². The number of nitrogens with one attached hydrogen (secondary N) is 2. The molecule has 0 spiro atoms. The van der Waals surface area contributed by atoms with Gasteiger partial charge >= 0.3 is 0 Å². The Bertz CT molecular complexity index is 791. The van der Waals surface area contributed by atoms with Gasteiger partial charge in [-0.1, -0.05) is 17.7 Å². The van der Waals surface area contributed by atoms with Gasteiger partial charge in [-0.2, -0.15) is 5.26 Å². The van der Waals surface area contributed by atoms with Gasteiger partial charge in [0.1, 0.15) is 11.6 Å². The standard InChI is InChI=1S/C17H15ClN4O/c1-11-3-5-14(7-16(11)18)22-17(23)13(8-19)9-21-15-6-4-12(2)20-10-15/h3-7,9-10,21H,1-2H3,(H,22,23)/b13-9-. The predicted molar refractivity (Wildman–Crippen MR) is 91.1 cm³/mol. The molecule has 0 aliphatic heterocycles. The van der Waals surface area contributed by atoms with E-state index >= 15 is 0 Å². The largest absolute Gasteiger partial charge is 0.359 e. The molecule has 0 saturated carbocycles. The third kappa shape index (κ3) is 4.56. The van der Waals surface area contributed by atoms with Gasteiger partial charge in [-0.05, 0) is 43.7 Å². The average molecular weight is 327 g/mol. The molecule has 0 bridgehead atoms. The van der Waals surface area contributed by atoms with Gasteiger partial charge in [0.05, 0.1) is 11.9 Å². The number of anilines is 2. The molecule has 0 radical (unpaired) electrons. The number of aryl methyl sites for hydroxylation is 2. The van der Waals surface area contributed by atoms with Gasteiger partial charge in [0.25, 0.3) is 5.91 Å². The Morgan fingerprint density at radius 3 is 2.61 bits per heavy atom. The van der Waals surface area contributed by atoms with Crippen LogP contribution in [-0.2, 0) is 4.79 Å². The van der Waals surface area contributed by atoms with E-state index in [9.17, 15) is 4.79 Å². The van der Waals surface area contributed by atoms with Gasteiger partial charge in [0.2, 0.25) is 0 Å². The van der Waals surface area contributed by atoms with Crippen molar-refractivity contribution >= 4 is 28.9 Å². The molecule has 1 aromatic carbocycles. The number of hydrogen-bond acceptors (Lipinski definition) is 4. The molecule has 2 aromatic rings. The van der Waals surface area contributed by atoms with Crippen LogP contribution in [0.3, 0.4) is 0 Å². The number of nitriles is 1. The van der Waals surface area contributed by atoms with Crippen LogP contribution in [0.5, 0.6) is 0 Å². The van der Waals surface area contributed by atoms with Crippen LogP contribution in [-0.4, -0.2) is 10.9 Å². The van der Waals surface area contributed by atoms with Crippen molar-refractivity contribution < 1.29 is 4.79 Å². The Morgan fingerprint density at radius 1 is 1.26 bits per heavy atom. The number of nitrogens with zero attached hydrogens (tertiary/aromatic N) is 2. The summed E-state index contributed by atoms with van der Waals surface area (Å²) < 4.78 is 0. The number of carbonyl (C=O) groups is 1. The zero-order valence-electron chi connectivity index (χ0n) is 12.7. The monoisotopic (exact) mass is 326 g/mol. The molecule has 116 valence electrons. The molecule has 0 aliphatic rings. The third-order valence-electron chi connectivity index (χ3n) is 3.09. The topological polar surface area (TPSA) is 77.8 Å². The maximum Gasteiger partial charge on any atom is 0.267 e. The molecule has 5 nitrogen and oxygen atoms in total. The summed E-state index contributed by atoms with van der Waals surface area (Å²) >= 11 is 6.01. The van der Waals surface area contributed by atoms with Crippen LogP contribution >= 0.6 is 11.6 Å². The minimum atomic E-state index is -0.514. The second-order valence-electron chi connectivity index (χ2n) is 4.92. The van der Waals surface area contributed by atoms with E-state index in [0.29, 0.717) is 16.4 Å². The van der Waals surface area contributed by atoms with Crippen molar-refractivity contribution in [3.8, 4) is 6.07 Å². The van der Waals surface area contributed by atoms with Crippen LogP contribution in [0.2, 0.25) is 5.02 Å². The number of carbonyl (C=O) groups excluding carboxylic acids is 1. The second-order valence-corrected chi connectivity index (χ2v) is 5.33. The molecule has 0 aliphatic carbocycles. The van der Waals surface area contributed by atoms with Gasteiger partial charge < -0.3 is 10.6 Å². The van der Waals surface area contributed by atoms with E-state index in [0.717, 1.165) is 11.3 Å². The van der Waals surface area contributed by atoms with E-state index in [1.54, 1.807) is 24.4 Å². The van der Waals surface area contributed by atoms with Crippen LogP contribution in [0.4, 0.5) is 11.4 Å². The maximum atomic E-state index is 12.1. The fourth-order valence-electron chi connectivity index (χ4n) is 1.73. The van der Waals surface area contributed by atoms with Gasteiger partial charge in [0, 0.05) is 22.6 Å². The van der Waals surface area contributed by atoms with Crippen LogP contribution in [0.15, 0.2) is 48.3 Å². The Kier molecular flexibility index (Phi) is 5.34. The summed E-state index contributed by atoms with van der Waals surface area (Å²) in [6.45, 7) is 3.74. The summed E-state index contributed by atoms with van der Waals surface area (Å²) in [6, 6.07) is 10.7. The maximum absolute atomic E-state index is 12.1. The quantitative estimate of drug-likeness (QED) is 0.661. The Balaban J connectivity index is 2.08. The van der Waals surface area contributed by atoms with Gasteiger partial charge in [-0.3, -0.25) is 9.78 Å². The van der Waals surface area contributed by atoms with E-state index in [1.165, 1.54) is 6.20 Å². The van der Waals surface area contributed by atoms with E-state index < -0.39 is 5.91 Å². The third-order valence-corrected chi connectivity index (χ3v) is 3.50. The summed E-state index contributed by atoms with van der Waals surface area (Å²) in [6.07, 6.45) is 2.97. The summed E-state index contributed by atoms with van der Waals surface area (Å²) in [5.74, 6) is -0.514. The number of halogens is 1. The van der Waals surface area contributed by atoms with E-state index in [-0.39, 0.29) is 5.57 Å². The minimum Gasteiger partial charge on any atom is -0.359 e. The Morgan fingerprint density at radius 2 is 2.00 bits per heavy atom. The van der Waals surface area contributed by atoms with E-state index in [4.69, 9.17) is 16.9 Å². The lowest BCUT2D eigenvalue weighted by Crippen LogP contribution is -2.14. The predicted octanol–water partition coefficient (Wildman–Crippen LogP) is 3.81. The van der Waals surface area contributed by atoms with Crippen molar-refractivity contribution in [3.05, 3.63) is 64.6 Å². The van der Waals surface area contributed by atoms with Crippen molar-refractivity contribution in [2.24, 2.45) is 0 Å². The van der Waals surface area contributed by atoms with Crippen LogP contribution in [0.25, 0.3) is 0 Å². The zero-order valence-corrected chi connectivity index (χ0v) is 13.5. The number of hydrogen-bond donors (Lipinski definition) is 2. The first-order valence-electron chi connectivity index (χ1n) is 6.86. The van der Waals surface area contributed by atoms with Crippen LogP contribution in [0.1, 0.15) is 11.3 Å². The SMILES string of the molecule is Cc1ccc(N/C=C(/C#N)C(=O)Nc2ccc(C)c(Cl)c2)cn1. The molecule has 1 amide bonds. The molecule has 1 aromatic heterocycles. The molecule has 2 rings (SSSR count). The first-order chi connectivity index (χ1) is 11.0. The van der Waals surface area contributed by atoms with Crippen LogP contribution in [0, 0.1) is 25.2 Å². The fourth-order valence-corrected chi connectivity index (χ4v) is 1.91. The van der Waals surface area contributed by atoms with Crippen molar-refractivity contribution in [1.82, 2.24) is 4.98 Å². The highest BCUT2D eigenvalue weighted by molar-refractivity contribution is 6.31. The number of amides is 1. The normalized spacial score (nSPS) is 10.8. The van der Waals surface area contributed by atoms with Crippen molar-refractivity contribution in [2.75, 3.05) is 10.6 Å². The van der Waals surface area contributed by atoms with Crippen LogP contribution < -0.4 is 10.6 Å². The smallest absolute Gasteiger partial charge is 0.267 e. The van der Waals surface area contributed by atoms with Crippen molar-refractivity contribution in [2.45, 2.75) is 13.8 Å². The number of pyridine rings is 1. The van der Waals surface area contributed by atoms with Gasteiger partial charge in [-0.15, -0.1) is 0 Å². The average Bonchev–Trinajstić information content (AvgIpc) is 2.53. The summed E-state index contributed by atoms with van der Waals surface area (Å²) in [4.78, 5) is 16.2. The molecule has 23 heavy (non-hydrogen) atoms. The van der Waals surface area contributed by atoms with Crippen molar-refractivity contribution in [1.29, 1.82) is 5.26 Å². The zero-order chi connectivity index (χ0) is 16.8. The molecule has 0 atom stereocenters. The second kappa shape index (κ2) is 7.43. The molecule has 0 unspecified atom stereocenters. The first-order valence-corrected chi connectivity index (χ1v) is 7.24. The number of rotatable bonds is 4. The summed E-state index contributed by atoms with van der Waals surface area (Å²) in [5, 5.41) is 15.2. The molecular weight excluding hydrogens is 312 g/mol. The highest BCUT2D eigenvalue weighted by atomic mass is 35.5. The Hall–Kier alpha value is -2.84. The number of benzene rings is 1. The van der Waals surface area contributed by atoms with E-state index in [2.05, 4.69) is 15.6 Å². The lowest BCUT2D eigenvalue weighted by Gasteiger charge is -2.07. The molecular formula is C17H15ClN4O. The molecule has 2 N–H and O–H groups in total. The molecule has 0 saturated heterocycles. The van der Waals surface area contributed by atoms with Crippen molar-refractivity contribution in [3.63, 3.8) is 0 Å². The fraction of sp³-hybridized carbons (Fsp3) is 0.118. The minimum absolute atomic E-state index is 0.0535. The first kappa shape index (κ1) is 16.5. The lowest BCUT2D eigenvalue weighted by atomic mass is 10.2.